The summed E-state index contributed by atoms with van der Waals surface area (Å²) in [5.74, 6) is 1.55. The predicted molar refractivity (Wildman–Crippen MR) is 54.0 cm³/mol. The molecule has 0 aromatic carbocycles. The Balaban J connectivity index is 2.45. The van der Waals surface area contributed by atoms with E-state index in [0.717, 1.165) is 31.4 Å². The molecule has 1 rings (SSSR count). The first-order valence-corrected chi connectivity index (χ1v) is 5.14. The van der Waals surface area contributed by atoms with Crippen LogP contribution in [0.2, 0.25) is 0 Å². The fraction of sp³-hybridized carbons (Fsp3) is 0.636. The summed E-state index contributed by atoms with van der Waals surface area (Å²) >= 11 is 0. The lowest BCUT2D eigenvalue weighted by atomic mass is 10.1. The molecule has 0 radical (unpaired) electrons. The SMILES string of the molecule is CCCCCC(OO)c1ccc(C)o1. The molecule has 1 N–H and O–H groups in total. The van der Waals surface area contributed by atoms with Crippen molar-refractivity contribution in [1.29, 1.82) is 0 Å². The van der Waals surface area contributed by atoms with Crippen molar-refractivity contribution in [3.8, 4) is 0 Å². The number of furan rings is 1. The Kier molecular flexibility index (Phi) is 4.70. The van der Waals surface area contributed by atoms with Crippen LogP contribution >= 0.6 is 0 Å². The second kappa shape index (κ2) is 5.83. The van der Waals surface area contributed by atoms with Gasteiger partial charge < -0.3 is 4.42 Å². The lowest BCUT2D eigenvalue weighted by Crippen LogP contribution is -2.00. The Morgan fingerprint density at radius 2 is 2.21 bits per heavy atom. The molecule has 1 aromatic rings. The van der Waals surface area contributed by atoms with Crippen molar-refractivity contribution >= 4 is 0 Å². The minimum absolute atomic E-state index is 0.310. The summed E-state index contributed by atoms with van der Waals surface area (Å²) in [6.07, 6.45) is 3.85. The smallest absolute Gasteiger partial charge is 0.150 e. The van der Waals surface area contributed by atoms with Crippen molar-refractivity contribution in [3.63, 3.8) is 0 Å². The normalized spacial score (nSPS) is 13.1. The fourth-order valence-electron chi connectivity index (χ4n) is 1.45. The Bertz CT molecular complexity index is 255. The molecule has 80 valence electrons. The number of unbranched alkanes of at least 4 members (excludes halogenated alkanes) is 2. The second-order valence-corrected chi connectivity index (χ2v) is 3.54. The zero-order chi connectivity index (χ0) is 10.4. The average Bonchev–Trinajstić information content (AvgIpc) is 2.60. The van der Waals surface area contributed by atoms with Crippen LogP contribution in [0.1, 0.15) is 50.2 Å². The van der Waals surface area contributed by atoms with Crippen LogP contribution in [0.25, 0.3) is 0 Å². The highest BCUT2D eigenvalue weighted by Gasteiger charge is 2.15. The molecule has 1 heterocycles. The van der Waals surface area contributed by atoms with E-state index in [0.29, 0.717) is 5.76 Å². The van der Waals surface area contributed by atoms with E-state index < -0.39 is 0 Å². The van der Waals surface area contributed by atoms with E-state index in [1.807, 2.05) is 19.1 Å². The van der Waals surface area contributed by atoms with Gasteiger partial charge in [0, 0.05) is 0 Å². The minimum atomic E-state index is -0.310. The Hall–Kier alpha value is -0.800. The highest BCUT2D eigenvalue weighted by atomic mass is 17.1. The molecule has 1 unspecified atom stereocenters. The molecule has 0 spiro atoms. The maximum absolute atomic E-state index is 8.73. The van der Waals surface area contributed by atoms with Gasteiger partial charge in [-0.25, -0.2) is 4.89 Å². The van der Waals surface area contributed by atoms with Gasteiger partial charge in [-0.05, 0) is 25.5 Å². The zero-order valence-electron chi connectivity index (χ0n) is 8.82. The quantitative estimate of drug-likeness (QED) is 0.430. The highest BCUT2D eigenvalue weighted by molar-refractivity contribution is 5.08. The van der Waals surface area contributed by atoms with Crippen LogP contribution in [0.3, 0.4) is 0 Å². The summed E-state index contributed by atoms with van der Waals surface area (Å²) in [5.41, 5.74) is 0. The Morgan fingerprint density at radius 1 is 1.43 bits per heavy atom. The number of aryl methyl sites for hydroxylation is 1. The summed E-state index contributed by atoms with van der Waals surface area (Å²) in [4.78, 5) is 4.40. The third-order valence-electron chi connectivity index (χ3n) is 2.28. The van der Waals surface area contributed by atoms with Crippen molar-refractivity contribution < 1.29 is 14.6 Å². The summed E-state index contributed by atoms with van der Waals surface area (Å²) in [7, 11) is 0. The molecule has 0 aliphatic carbocycles. The molecule has 0 fully saturated rings. The first kappa shape index (κ1) is 11.3. The van der Waals surface area contributed by atoms with Gasteiger partial charge in [0.2, 0.25) is 0 Å². The molecular formula is C11H18O3. The molecule has 1 aromatic heterocycles. The monoisotopic (exact) mass is 198 g/mol. The molecule has 0 saturated heterocycles. The minimum Gasteiger partial charge on any atom is -0.463 e. The fourth-order valence-corrected chi connectivity index (χ4v) is 1.45. The van der Waals surface area contributed by atoms with Gasteiger partial charge in [-0.1, -0.05) is 26.2 Å². The predicted octanol–water partition coefficient (Wildman–Crippen LogP) is 3.70. The lowest BCUT2D eigenvalue weighted by molar-refractivity contribution is -0.287. The molecule has 0 aliphatic rings. The Labute approximate surface area is 84.6 Å². The van der Waals surface area contributed by atoms with Gasteiger partial charge in [0.25, 0.3) is 0 Å². The van der Waals surface area contributed by atoms with Crippen LogP contribution in [0.15, 0.2) is 16.5 Å². The van der Waals surface area contributed by atoms with Gasteiger partial charge in [-0.2, -0.15) is 0 Å². The third kappa shape index (κ3) is 3.16. The zero-order valence-corrected chi connectivity index (χ0v) is 8.82. The molecular weight excluding hydrogens is 180 g/mol. The first-order chi connectivity index (χ1) is 6.77. The lowest BCUT2D eigenvalue weighted by Gasteiger charge is -2.09. The van der Waals surface area contributed by atoms with Gasteiger partial charge in [-0.15, -0.1) is 0 Å². The highest BCUT2D eigenvalue weighted by Crippen LogP contribution is 2.24. The van der Waals surface area contributed by atoms with Crippen molar-refractivity contribution in [1.82, 2.24) is 0 Å². The molecule has 0 aliphatic heterocycles. The molecule has 1 atom stereocenters. The summed E-state index contributed by atoms with van der Waals surface area (Å²) < 4.78 is 5.38. The van der Waals surface area contributed by atoms with Gasteiger partial charge in [0.1, 0.15) is 11.5 Å². The van der Waals surface area contributed by atoms with E-state index in [1.54, 1.807) is 0 Å². The number of hydrogen-bond acceptors (Lipinski definition) is 3. The van der Waals surface area contributed by atoms with Gasteiger partial charge in [-0.3, -0.25) is 5.26 Å². The van der Waals surface area contributed by atoms with Crippen molar-refractivity contribution in [2.24, 2.45) is 0 Å². The maximum Gasteiger partial charge on any atom is 0.150 e. The van der Waals surface area contributed by atoms with Crippen LogP contribution in [0.4, 0.5) is 0 Å². The van der Waals surface area contributed by atoms with Gasteiger partial charge in [0.15, 0.2) is 6.10 Å². The van der Waals surface area contributed by atoms with Gasteiger partial charge in [0.05, 0.1) is 0 Å². The summed E-state index contributed by atoms with van der Waals surface area (Å²) in [6, 6.07) is 3.73. The molecule has 3 nitrogen and oxygen atoms in total. The van der Waals surface area contributed by atoms with Crippen molar-refractivity contribution in [2.75, 3.05) is 0 Å². The summed E-state index contributed by atoms with van der Waals surface area (Å²) in [5, 5.41) is 8.73. The van der Waals surface area contributed by atoms with Crippen molar-refractivity contribution in [2.45, 2.75) is 45.6 Å². The number of rotatable bonds is 6. The van der Waals surface area contributed by atoms with Crippen LogP contribution in [0.5, 0.6) is 0 Å². The van der Waals surface area contributed by atoms with Crippen molar-refractivity contribution in [3.05, 3.63) is 23.7 Å². The largest absolute Gasteiger partial charge is 0.463 e. The third-order valence-corrected chi connectivity index (χ3v) is 2.28. The molecule has 3 heteroatoms. The molecule has 0 saturated carbocycles. The number of hydrogen-bond donors (Lipinski definition) is 1. The molecule has 14 heavy (non-hydrogen) atoms. The average molecular weight is 198 g/mol. The van der Waals surface area contributed by atoms with Gasteiger partial charge >= 0.3 is 0 Å². The second-order valence-electron chi connectivity index (χ2n) is 3.54. The van der Waals surface area contributed by atoms with Crippen LogP contribution in [0, 0.1) is 6.92 Å². The first-order valence-electron chi connectivity index (χ1n) is 5.14. The topological polar surface area (TPSA) is 42.6 Å². The van der Waals surface area contributed by atoms with E-state index in [2.05, 4.69) is 11.8 Å². The molecule has 0 amide bonds. The van der Waals surface area contributed by atoms with Crippen LogP contribution < -0.4 is 0 Å². The summed E-state index contributed by atoms with van der Waals surface area (Å²) in [6.45, 7) is 4.02. The standard InChI is InChI=1S/C11H18O3/c1-3-4-5-6-11(14-12)10-8-7-9(2)13-10/h7-8,11-12H,3-6H2,1-2H3. The van der Waals surface area contributed by atoms with Crippen LogP contribution in [-0.4, -0.2) is 5.26 Å². The van der Waals surface area contributed by atoms with E-state index >= 15 is 0 Å². The van der Waals surface area contributed by atoms with Crippen LogP contribution in [-0.2, 0) is 4.89 Å². The van der Waals surface area contributed by atoms with E-state index in [-0.39, 0.29) is 6.10 Å². The maximum atomic E-state index is 8.73. The molecule has 0 bridgehead atoms. The van der Waals surface area contributed by atoms with E-state index in [1.165, 1.54) is 0 Å². The Morgan fingerprint density at radius 3 is 2.71 bits per heavy atom. The van der Waals surface area contributed by atoms with E-state index in [9.17, 15) is 0 Å². The van der Waals surface area contributed by atoms with E-state index in [4.69, 9.17) is 9.67 Å².